The van der Waals surface area contributed by atoms with Gasteiger partial charge in [0, 0.05) is 27.1 Å². The lowest BCUT2D eigenvalue weighted by Gasteiger charge is -2.14. The van der Waals surface area contributed by atoms with E-state index in [-0.39, 0.29) is 50.6 Å². The summed E-state index contributed by atoms with van der Waals surface area (Å²) >= 11 is 5.85. The molecule has 10 heteroatoms. The molecular formula is C29H19ClF6N2O. The van der Waals surface area contributed by atoms with E-state index in [0.717, 1.165) is 12.1 Å². The second kappa shape index (κ2) is 10.3. The largest absolute Gasteiger partial charge is 0.494 e. The van der Waals surface area contributed by atoms with Crippen LogP contribution < -0.4 is 4.74 Å². The molecule has 0 aliphatic carbocycles. The Morgan fingerprint density at radius 2 is 1.69 bits per heavy atom. The van der Waals surface area contributed by atoms with Crippen LogP contribution in [0.1, 0.15) is 28.4 Å². The second-order valence-corrected chi connectivity index (χ2v) is 9.23. The number of rotatable bonds is 6. The fraction of sp³-hybridized carbons (Fsp3) is 0.138. The quantitative estimate of drug-likeness (QED) is 0.194. The Kier molecular flexibility index (Phi) is 7.03. The first-order valence-electron chi connectivity index (χ1n) is 11.7. The van der Waals surface area contributed by atoms with E-state index >= 15 is 4.39 Å². The standard InChI is InChI=1S/C29H19ClF6N2O/c1-39-24-10-4-7-20(26(24)33)25(32)16-5-2-6-17(13-16)28-21-8-3-9-22(29(34,35)36)27(21)37-38(28)15-18-11-12-19(30)14-23(18)31/h2-14,25H,15H2,1H3. The van der Waals surface area contributed by atoms with Crippen molar-refractivity contribution >= 4 is 22.5 Å². The Morgan fingerprint density at radius 1 is 0.949 bits per heavy atom. The van der Waals surface area contributed by atoms with Gasteiger partial charge in [-0.15, -0.1) is 0 Å². The number of ether oxygens (including phenoxy) is 1. The van der Waals surface area contributed by atoms with E-state index in [4.69, 9.17) is 16.3 Å². The smallest absolute Gasteiger partial charge is 0.418 e. The van der Waals surface area contributed by atoms with Crippen LogP contribution in [0.5, 0.6) is 5.75 Å². The summed E-state index contributed by atoms with van der Waals surface area (Å²) in [7, 11) is 1.26. The number of nitrogens with zero attached hydrogens (tertiary/aromatic N) is 2. The number of hydrogen-bond donors (Lipinski definition) is 0. The average molecular weight is 561 g/mol. The lowest BCUT2D eigenvalue weighted by atomic mass is 9.97. The predicted octanol–water partition coefficient (Wildman–Crippen LogP) is 8.77. The Morgan fingerprint density at radius 3 is 2.41 bits per heavy atom. The van der Waals surface area contributed by atoms with E-state index in [2.05, 4.69) is 5.10 Å². The molecule has 0 aliphatic heterocycles. The minimum Gasteiger partial charge on any atom is -0.494 e. The second-order valence-electron chi connectivity index (χ2n) is 8.79. The minimum absolute atomic E-state index is 0.0604. The molecule has 3 nitrogen and oxygen atoms in total. The maximum Gasteiger partial charge on any atom is 0.418 e. The van der Waals surface area contributed by atoms with Crippen LogP contribution in [0.4, 0.5) is 26.3 Å². The first-order chi connectivity index (χ1) is 18.6. The van der Waals surface area contributed by atoms with Gasteiger partial charge in [0.05, 0.1) is 24.9 Å². The molecular weight excluding hydrogens is 542 g/mol. The van der Waals surface area contributed by atoms with Crippen molar-refractivity contribution in [3.8, 4) is 17.0 Å². The molecule has 1 atom stereocenters. The Labute approximate surface area is 224 Å². The van der Waals surface area contributed by atoms with Crippen LogP contribution in [0.2, 0.25) is 5.02 Å². The summed E-state index contributed by atoms with van der Waals surface area (Å²) in [6.45, 7) is -0.224. The van der Waals surface area contributed by atoms with Gasteiger partial charge in [-0.25, -0.2) is 13.2 Å². The highest BCUT2D eigenvalue weighted by atomic mass is 35.5. The van der Waals surface area contributed by atoms with Gasteiger partial charge >= 0.3 is 6.18 Å². The van der Waals surface area contributed by atoms with Crippen molar-refractivity contribution in [2.75, 3.05) is 7.11 Å². The summed E-state index contributed by atoms with van der Waals surface area (Å²) < 4.78 is 92.7. The maximum atomic E-state index is 15.6. The molecule has 0 aliphatic rings. The fourth-order valence-electron chi connectivity index (χ4n) is 4.52. The molecule has 200 valence electrons. The summed E-state index contributed by atoms with van der Waals surface area (Å²) in [6.07, 6.45) is -6.60. The fourth-order valence-corrected chi connectivity index (χ4v) is 4.67. The van der Waals surface area contributed by atoms with Crippen molar-refractivity contribution in [1.29, 1.82) is 0 Å². The number of alkyl halides is 4. The van der Waals surface area contributed by atoms with Gasteiger partial charge in [0.2, 0.25) is 0 Å². The van der Waals surface area contributed by atoms with Gasteiger partial charge in [0.25, 0.3) is 0 Å². The zero-order valence-corrected chi connectivity index (χ0v) is 21.0. The van der Waals surface area contributed by atoms with Crippen LogP contribution in [0.3, 0.4) is 0 Å². The van der Waals surface area contributed by atoms with Crippen LogP contribution in [-0.2, 0) is 12.7 Å². The maximum absolute atomic E-state index is 15.6. The summed E-state index contributed by atoms with van der Waals surface area (Å²) in [5.74, 6) is -1.64. The number of aromatic nitrogens is 2. The molecule has 0 fully saturated rings. The molecule has 0 amide bonds. The molecule has 0 saturated heterocycles. The summed E-state index contributed by atoms with van der Waals surface area (Å²) in [5, 5.41) is 4.51. The highest BCUT2D eigenvalue weighted by molar-refractivity contribution is 6.30. The first-order valence-corrected chi connectivity index (χ1v) is 12.0. The van der Waals surface area contributed by atoms with Gasteiger partial charge < -0.3 is 4.74 Å². The van der Waals surface area contributed by atoms with Crippen molar-refractivity contribution < 1.29 is 31.1 Å². The zero-order chi connectivity index (χ0) is 27.9. The number of halogens is 7. The first kappa shape index (κ1) is 26.6. The summed E-state index contributed by atoms with van der Waals surface area (Å²) in [4.78, 5) is 0. The molecule has 1 aromatic heterocycles. The van der Waals surface area contributed by atoms with Crippen LogP contribution in [-0.4, -0.2) is 16.9 Å². The number of benzene rings is 4. The van der Waals surface area contributed by atoms with Gasteiger partial charge in [0.1, 0.15) is 11.3 Å². The van der Waals surface area contributed by atoms with Crippen LogP contribution >= 0.6 is 11.6 Å². The molecule has 0 radical (unpaired) electrons. The highest BCUT2D eigenvalue weighted by Crippen LogP contribution is 2.40. The third-order valence-electron chi connectivity index (χ3n) is 6.35. The van der Waals surface area contributed by atoms with Gasteiger partial charge in [-0.2, -0.15) is 18.3 Å². The predicted molar refractivity (Wildman–Crippen MR) is 137 cm³/mol. The Hall–Kier alpha value is -3.98. The molecule has 4 aromatic carbocycles. The molecule has 0 saturated carbocycles. The minimum atomic E-state index is -4.70. The van der Waals surface area contributed by atoms with Gasteiger partial charge in [-0.3, -0.25) is 4.68 Å². The van der Waals surface area contributed by atoms with E-state index in [1.165, 1.54) is 72.5 Å². The van der Waals surface area contributed by atoms with Crippen molar-refractivity contribution in [1.82, 2.24) is 9.78 Å². The van der Waals surface area contributed by atoms with Crippen LogP contribution in [0, 0.1) is 11.6 Å². The van der Waals surface area contributed by atoms with E-state index in [1.807, 2.05) is 0 Å². The van der Waals surface area contributed by atoms with Gasteiger partial charge in [-0.05, 0) is 35.9 Å². The van der Waals surface area contributed by atoms with E-state index < -0.39 is 29.5 Å². The topological polar surface area (TPSA) is 27.1 Å². The number of methoxy groups -OCH3 is 1. The SMILES string of the molecule is COc1cccc(C(F)c2cccc(-c3c4cccc(C(F)(F)F)c4nn3Cc3ccc(Cl)cc3F)c2)c1F. The molecule has 0 bridgehead atoms. The molecule has 1 heterocycles. The Balaban J connectivity index is 1.68. The molecule has 5 aromatic rings. The van der Waals surface area contributed by atoms with Crippen LogP contribution in [0.15, 0.2) is 78.9 Å². The zero-order valence-electron chi connectivity index (χ0n) is 20.2. The van der Waals surface area contributed by atoms with E-state index in [0.29, 0.717) is 5.56 Å². The third kappa shape index (κ3) is 5.06. The average Bonchev–Trinajstić information content (AvgIpc) is 3.27. The molecule has 39 heavy (non-hydrogen) atoms. The van der Waals surface area contributed by atoms with Crippen molar-refractivity contribution in [2.24, 2.45) is 0 Å². The van der Waals surface area contributed by atoms with Crippen molar-refractivity contribution in [2.45, 2.75) is 18.9 Å². The Bertz CT molecular complexity index is 1680. The molecule has 5 rings (SSSR count). The third-order valence-corrected chi connectivity index (χ3v) is 6.58. The molecule has 0 N–H and O–H groups in total. The summed E-state index contributed by atoms with van der Waals surface area (Å²) in [5.41, 5.74) is -0.831. The monoisotopic (exact) mass is 560 g/mol. The van der Waals surface area contributed by atoms with E-state index in [9.17, 15) is 22.0 Å². The highest BCUT2D eigenvalue weighted by Gasteiger charge is 2.34. The summed E-state index contributed by atoms with van der Waals surface area (Å²) in [6, 6.07) is 17.6. The van der Waals surface area contributed by atoms with Crippen LogP contribution in [0.25, 0.3) is 22.2 Å². The normalized spacial score (nSPS) is 12.6. The van der Waals surface area contributed by atoms with Crippen molar-refractivity contribution in [3.63, 3.8) is 0 Å². The molecule has 1 unspecified atom stereocenters. The lowest BCUT2D eigenvalue weighted by Crippen LogP contribution is -2.07. The lowest BCUT2D eigenvalue weighted by molar-refractivity contribution is -0.136. The van der Waals surface area contributed by atoms with E-state index in [1.54, 1.807) is 6.07 Å². The van der Waals surface area contributed by atoms with Gasteiger partial charge in [0.15, 0.2) is 17.7 Å². The number of hydrogen-bond acceptors (Lipinski definition) is 2. The van der Waals surface area contributed by atoms with Gasteiger partial charge in [-0.1, -0.05) is 60.1 Å². The molecule has 0 spiro atoms. The number of fused-ring (bicyclic) bond motifs is 1. The van der Waals surface area contributed by atoms with Crippen molar-refractivity contribution in [3.05, 3.63) is 118 Å².